The zero-order chi connectivity index (χ0) is 19.7. The Kier molecular flexibility index (Phi) is 5.40. The molecule has 27 heavy (non-hydrogen) atoms. The van der Waals surface area contributed by atoms with Gasteiger partial charge in [0.15, 0.2) is 5.60 Å². The molecule has 6 heteroatoms. The number of ether oxygens (including phenoxy) is 1. The molecule has 2 N–H and O–H groups in total. The van der Waals surface area contributed by atoms with Crippen molar-refractivity contribution in [1.29, 1.82) is 0 Å². The van der Waals surface area contributed by atoms with E-state index in [4.69, 9.17) is 10.5 Å². The van der Waals surface area contributed by atoms with E-state index >= 15 is 0 Å². The van der Waals surface area contributed by atoms with Gasteiger partial charge in [0.25, 0.3) is 5.91 Å². The minimum absolute atomic E-state index is 0.00414. The Morgan fingerprint density at radius 2 is 1.93 bits per heavy atom. The van der Waals surface area contributed by atoms with Crippen LogP contribution in [0.3, 0.4) is 0 Å². The highest BCUT2D eigenvalue weighted by Crippen LogP contribution is 2.29. The van der Waals surface area contributed by atoms with Crippen LogP contribution in [0.1, 0.15) is 26.3 Å². The highest BCUT2D eigenvalue weighted by atomic mass is 32.1. The van der Waals surface area contributed by atoms with Gasteiger partial charge >= 0.3 is 0 Å². The van der Waals surface area contributed by atoms with Crippen molar-refractivity contribution in [3.63, 3.8) is 0 Å². The number of rotatable bonds is 4. The van der Waals surface area contributed by atoms with Crippen molar-refractivity contribution in [2.75, 3.05) is 19.7 Å². The molecule has 0 radical (unpaired) electrons. The molecule has 3 rings (SSSR count). The van der Waals surface area contributed by atoms with E-state index in [-0.39, 0.29) is 12.5 Å². The Labute approximate surface area is 164 Å². The lowest BCUT2D eigenvalue weighted by molar-refractivity contribution is -0.167. The average Bonchev–Trinajstić information content (AvgIpc) is 3.15. The SMILES string of the molecule is CC(C)(C)C(=O)N1CCO[C@@](Cc2ccc(-c3cccs3)cc2)(C(N)=O)C1. The van der Waals surface area contributed by atoms with Crippen LogP contribution in [0, 0.1) is 5.41 Å². The van der Waals surface area contributed by atoms with Gasteiger partial charge < -0.3 is 15.4 Å². The first kappa shape index (κ1) is 19.6. The number of carbonyl (C=O) groups excluding carboxylic acids is 2. The number of primary amides is 1. The molecule has 1 fully saturated rings. The van der Waals surface area contributed by atoms with Crippen molar-refractivity contribution in [2.24, 2.45) is 11.1 Å². The topological polar surface area (TPSA) is 72.6 Å². The summed E-state index contributed by atoms with van der Waals surface area (Å²) in [5.74, 6) is -0.527. The zero-order valence-corrected chi connectivity index (χ0v) is 16.8. The molecule has 144 valence electrons. The minimum atomic E-state index is -1.19. The predicted octanol–water partition coefficient (Wildman–Crippen LogP) is 3.09. The lowest BCUT2D eigenvalue weighted by atomic mass is 9.89. The second kappa shape index (κ2) is 7.44. The van der Waals surface area contributed by atoms with Crippen LogP contribution >= 0.6 is 11.3 Å². The number of morpholine rings is 1. The number of hydrogen-bond donors (Lipinski definition) is 1. The molecule has 1 saturated heterocycles. The maximum absolute atomic E-state index is 12.7. The Balaban J connectivity index is 1.81. The van der Waals surface area contributed by atoms with Gasteiger partial charge in [-0.25, -0.2) is 0 Å². The summed E-state index contributed by atoms with van der Waals surface area (Å²) in [5.41, 5.74) is 6.12. The molecule has 1 aromatic heterocycles. The third-order valence-corrected chi connectivity index (χ3v) is 5.73. The van der Waals surface area contributed by atoms with Crippen molar-refractivity contribution < 1.29 is 14.3 Å². The number of nitrogens with two attached hydrogens (primary N) is 1. The number of nitrogens with zero attached hydrogens (tertiary/aromatic N) is 1. The summed E-state index contributed by atoms with van der Waals surface area (Å²) in [6, 6.07) is 12.2. The van der Waals surface area contributed by atoms with Crippen LogP contribution in [0.5, 0.6) is 0 Å². The second-order valence-corrected chi connectivity index (χ2v) is 8.98. The van der Waals surface area contributed by atoms with Crippen molar-refractivity contribution in [2.45, 2.75) is 32.8 Å². The van der Waals surface area contributed by atoms with E-state index in [1.165, 1.54) is 4.88 Å². The summed E-state index contributed by atoms with van der Waals surface area (Å²) >= 11 is 1.68. The van der Waals surface area contributed by atoms with Gasteiger partial charge in [0.2, 0.25) is 5.91 Å². The summed E-state index contributed by atoms with van der Waals surface area (Å²) in [6.45, 7) is 6.59. The predicted molar refractivity (Wildman–Crippen MR) is 107 cm³/mol. The maximum Gasteiger partial charge on any atom is 0.251 e. The number of amides is 2. The first-order chi connectivity index (χ1) is 12.7. The summed E-state index contributed by atoms with van der Waals surface area (Å²) in [5, 5.41) is 2.04. The lowest BCUT2D eigenvalue weighted by Crippen LogP contribution is -2.62. The fraction of sp³-hybridized carbons (Fsp3) is 0.429. The molecule has 0 spiro atoms. The number of benzene rings is 1. The largest absolute Gasteiger partial charge is 0.367 e. The van der Waals surface area contributed by atoms with Gasteiger partial charge in [-0.15, -0.1) is 11.3 Å². The molecule has 2 aromatic rings. The first-order valence-corrected chi connectivity index (χ1v) is 9.95. The Bertz CT molecular complexity index is 809. The van der Waals surface area contributed by atoms with E-state index in [0.717, 1.165) is 11.1 Å². The van der Waals surface area contributed by atoms with E-state index in [1.807, 2.05) is 56.5 Å². The van der Waals surface area contributed by atoms with E-state index in [0.29, 0.717) is 19.6 Å². The summed E-state index contributed by atoms with van der Waals surface area (Å²) in [7, 11) is 0. The molecule has 0 aliphatic carbocycles. The maximum atomic E-state index is 12.7. The van der Waals surface area contributed by atoms with Crippen LogP contribution in [0.4, 0.5) is 0 Å². The van der Waals surface area contributed by atoms with Crippen LogP contribution < -0.4 is 5.73 Å². The summed E-state index contributed by atoms with van der Waals surface area (Å²) in [4.78, 5) is 27.9. The second-order valence-electron chi connectivity index (χ2n) is 8.03. The molecule has 1 aliphatic rings. The smallest absolute Gasteiger partial charge is 0.251 e. The molecule has 1 aliphatic heterocycles. The number of carbonyl (C=O) groups is 2. The molecule has 1 aromatic carbocycles. The molecule has 0 saturated carbocycles. The molecule has 5 nitrogen and oxygen atoms in total. The highest BCUT2D eigenvalue weighted by Gasteiger charge is 2.45. The van der Waals surface area contributed by atoms with Crippen molar-refractivity contribution in [1.82, 2.24) is 4.90 Å². The molecule has 2 amide bonds. The van der Waals surface area contributed by atoms with E-state index in [9.17, 15) is 9.59 Å². The van der Waals surface area contributed by atoms with Gasteiger partial charge in [0.1, 0.15) is 0 Å². The highest BCUT2D eigenvalue weighted by molar-refractivity contribution is 7.13. The van der Waals surface area contributed by atoms with Crippen molar-refractivity contribution >= 4 is 23.2 Å². The number of hydrogen-bond acceptors (Lipinski definition) is 4. The van der Waals surface area contributed by atoms with Crippen LogP contribution in [0.25, 0.3) is 10.4 Å². The van der Waals surface area contributed by atoms with Gasteiger partial charge in [-0.2, -0.15) is 0 Å². The monoisotopic (exact) mass is 386 g/mol. The summed E-state index contributed by atoms with van der Waals surface area (Å²) in [6.07, 6.45) is 0.348. The minimum Gasteiger partial charge on any atom is -0.367 e. The number of thiophene rings is 1. The van der Waals surface area contributed by atoms with Crippen LogP contribution in [-0.2, 0) is 20.7 Å². The van der Waals surface area contributed by atoms with Crippen LogP contribution in [0.2, 0.25) is 0 Å². The molecular formula is C21H26N2O3S. The fourth-order valence-corrected chi connectivity index (χ4v) is 4.07. The van der Waals surface area contributed by atoms with Gasteiger partial charge in [0, 0.05) is 23.3 Å². The lowest BCUT2D eigenvalue weighted by Gasteiger charge is -2.42. The molecule has 1 atom stereocenters. The molecular weight excluding hydrogens is 360 g/mol. The first-order valence-electron chi connectivity index (χ1n) is 9.07. The van der Waals surface area contributed by atoms with E-state index in [2.05, 4.69) is 6.07 Å². The van der Waals surface area contributed by atoms with Gasteiger partial charge in [-0.05, 0) is 22.6 Å². The average molecular weight is 387 g/mol. The van der Waals surface area contributed by atoms with Crippen LogP contribution in [-0.4, -0.2) is 42.0 Å². The third kappa shape index (κ3) is 4.22. The van der Waals surface area contributed by atoms with E-state index in [1.54, 1.807) is 16.2 Å². The molecule has 0 bridgehead atoms. The zero-order valence-electron chi connectivity index (χ0n) is 16.0. The van der Waals surface area contributed by atoms with Gasteiger partial charge in [0.05, 0.1) is 13.2 Å². The Morgan fingerprint density at radius 1 is 1.22 bits per heavy atom. The standard InChI is InChI=1S/C21H26N2O3S/c1-20(2,3)19(25)23-10-11-26-21(14-23,18(22)24)13-15-6-8-16(9-7-15)17-5-4-12-27-17/h4-9,12H,10-11,13-14H2,1-3H3,(H2,22,24)/t21-/m1/s1. The molecule has 0 unspecified atom stereocenters. The Hall–Kier alpha value is -2.18. The molecule has 2 heterocycles. The normalized spacial score (nSPS) is 20.5. The van der Waals surface area contributed by atoms with E-state index < -0.39 is 16.9 Å². The van der Waals surface area contributed by atoms with Gasteiger partial charge in [-0.3, -0.25) is 9.59 Å². The van der Waals surface area contributed by atoms with Crippen molar-refractivity contribution in [3.05, 3.63) is 47.3 Å². The fourth-order valence-electron chi connectivity index (χ4n) is 3.33. The van der Waals surface area contributed by atoms with Crippen LogP contribution in [0.15, 0.2) is 41.8 Å². The Morgan fingerprint density at radius 3 is 2.48 bits per heavy atom. The third-order valence-electron chi connectivity index (χ3n) is 4.81. The van der Waals surface area contributed by atoms with Crippen molar-refractivity contribution in [3.8, 4) is 10.4 Å². The van der Waals surface area contributed by atoms with Gasteiger partial charge in [-0.1, -0.05) is 51.1 Å². The summed E-state index contributed by atoms with van der Waals surface area (Å²) < 4.78 is 5.86. The quantitative estimate of drug-likeness (QED) is 0.878.